The van der Waals surface area contributed by atoms with Crippen molar-refractivity contribution in [3.63, 3.8) is 0 Å². The van der Waals surface area contributed by atoms with Crippen LogP contribution in [0.25, 0.3) is 4.98 Å². The molecule has 106 valence electrons. The molecule has 0 saturated heterocycles. The molecule has 0 spiro atoms. The zero-order valence-corrected chi connectivity index (χ0v) is 12.8. The van der Waals surface area contributed by atoms with E-state index in [9.17, 15) is 0 Å². The lowest BCUT2D eigenvalue weighted by molar-refractivity contribution is -0.00000516. The molecule has 0 N–H and O–H groups in total. The summed E-state index contributed by atoms with van der Waals surface area (Å²) in [5, 5.41) is 17.1. The van der Waals surface area contributed by atoms with Gasteiger partial charge in [0.05, 0.1) is 19.1 Å². The monoisotopic (exact) mass is 344 g/mol. The van der Waals surface area contributed by atoms with Crippen LogP contribution in [0.3, 0.4) is 0 Å². The van der Waals surface area contributed by atoms with Crippen molar-refractivity contribution in [2.24, 2.45) is 0 Å². The first-order valence-corrected chi connectivity index (χ1v) is 6.20. The molecule has 0 aliphatic rings. The van der Waals surface area contributed by atoms with E-state index in [0.717, 1.165) is 17.0 Å². The molecular weight excluding hydrogens is 332 g/mol. The molecule has 1 aromatic heterocycles. The standard InChI is InChI=1S/C15H13N4O.BrH/c16-9-7-12-1-2-13(18-11-12)8-10-20-15-5-3-14(19-17)4-6-15;/h1-6,11H,7-8,10H2;1H/q+1;/p-1. The van der Waals surface area contributed by atoms with E-state index >= 15 is 0 Å². The van der Waals surface area contributed by atoms with Gasteiger partial charge in [-0.3, -0.25) is 4.98 Å². The lowest BCUT2D eigenvalue weighted by Crippen LogP contribution is -3.00. The van der Waals surface area contributed by atoms with Gasteiger partial charge in [0.25, 0.3) is 0 Å². The summed E-state index contributed by atoms with van der Waals surface area (Å²) in [6.07, 6.45) is 2.79. The Kier molecular flexibility index (Phi) is 6.86. The van der Waals surface area contributed by atoms with Gasteiger partial charge in [0.1, 0.15) is 5.75 Å². The maximum Gasteiger partial charge on any atom is 0.385 e. The van der Waals surface area contributed by atoms with Gasteiger partial charge in [0.15, 0.2) is 4.98 Å². The van der Waals surface area contributed by atoms with Gasteiger partial charge in [0, 0.05) is 30.4 Å². The summed E-state index contributed by atoms with van der Waals surface area (Å²) >= 11 is 0. The van der Waals surface area contributed by atoms with Crippen LogP contribution in [-0.2, 0) is 12.8 Å². The summed E-state index contributed by atoms with van der Waals surface area (Å²) in [6.45, 7) is 0.514. The summed E-state index contributed by atoms with van der Waals surface area (Å²) in [6, 6.07) is 12.7. The van der Waals surface area contributed by atoms with Gasteiger partial charge in [0.2, 0.25) is 5.39 Å². The minimum Gasteiger partial charge on any atom is -1.00 e. The number of hydrogen-bond donors (Lipinski definition) is 0. The quantitative estimate of drug-likeness (QED) is 0.729. The highest BCUT2D eigenvalue weighted by Gasteiger charge is 2.03. The molecule has 0 atom stereocenters. The molecular formula is C15H13BrN4O. The van der Waals surface area contributed by atoms with E-state index in [1.807, 2.05) is 12.1 Å². The first kappa shape index (κ1) is 16.6. The van der Waals surface area contributed by atoms with Crippen LogP contribution in [0.4, 0.5) is 5.69 Å². The number of ether oxygens (including phenoxy) is 1. The van der Waals surface area contributed by atoms with Crippen molar-refractivity contribution < 1.29 is 21.7 Å². The van der Waals surface area contributed by atoms with Gasteiger partial charge >= 0.3 is 5.69 Å². The predicted octanol–water partition coefficient (Wildman–Crippen LogP) is 0.258. The maximum absolute atomic E-state index is 8.57. The highest BCUT2D eigenvalue weighted by atomic mass is 79.9. The minimum atomic E-state index is 0. The van der Waals surface area contributed by atoms with E-state index in [0.29, 0.717) is 25.1 Å². The van der Waals surface area contributed by atoms with Gasteiger partial charge in [-0.1, -0.05) is 6.07 Å². The van der Waals surface area contributed by atoms with Gasteiger partial charge in [-0.25, -0.2) is 0 Å². The van der Waals surface area contributed by atoms with E-state index in [4.69, 9.17) is 15.4 Å². The molecule has 5 nitrogen and oxygen atoms in total. The number of diazo groups is 1. The van der Waals surface area contributed by atoms with Gasteiger partial charge in [-0.15, -0.1) is 0 Å². The molecule has 0 saturated carbocycles. The van der Waals surface area contributed by atoms with E-state index in [2.05, 4.69) is 16.0 Å². The third-order valence-corrected chi connectivity index (χ3v) is 2.75. The Morgan fingerprint density at radius 2 is 1.90 bits per heavy atom. The number of nitriles is 1. The lowest BCUT2D eigenvalue weighted by Gasteiger charge is -2.05. The normalized spacial score (nSPS) is 9.05. The maximum atomic E-state index is 8.57. The summed E-state index contributed by atoms with van der Waals surface area (Å²) in [4.78, 5) is 7.35. The highest BCUT2D eigenvalue weighted by Crippen LogP contribution is 2.17. The second-order valence-corrected chi connectivity index (χ2v) is 4.19. The van der Waals surface area contributed by atoms with Crippen LogP contribution in [0.1, 0.15) is 11.3 Å². The van der Waals surface area contributed by atoms with Crippen LogP contribution in [0, 0.1) is 16.7 Å². The van der Waals surface area contributed by atoms with Gasteiger partial charge in [-0.05, 0) is 23.8 Å². The summed E-state index contributed by atoms with van der Waals surface area (Å²) in [5.41, 5.74) is 2.33. The lowest BCUT2D eigenvalue weighted by atomic mass is 10.2. The van der Waals surface area contributed by atoms with Gasteiger partial charge in [-0.2, -0.15) is 5.26 Å². The van der Waals surface area contributed by atoms with E-state index < -0.39 is 0 Å². The molecule has 0 amide bonds. The zero-order chi connectivity index (χ0) is 14.2. The van der Waals surface area contributed by atoms with Crippen molar-refractivity contribution in [2.75, 3.05) is 6.61 Å². The van der Waals surface area contributed by atoms with Crippen molar-refractivity contribution in [3.05, 3.63) is 58.8 Å². The fraction of sp³-hybridized carbons (Fsp3) is 0.200. The molecule has 2 rings (SSSR count). The van der Waals surface area contributed by atoms with Crippen LogP contribution in [-0.4, -0.2) is 11.6 Å². The van der Waals surface area contributed by atoms with Crippen molar-refractivity contribution in [1.82, 2.24) is 4.98 Å². The fourth-order valence-corrected chi connectivity index (χ4v) is 1.68. The number of benzene rings is 1. The molecule has 0 aliphatic carbocycles. The van der Waals surface area contributed by atoms with E-state index in [1.165, 1.54) is 0 Å². The number of aromatic nitrogens is 1. The van der Waals surface area contributed by atoms with Crippen LogP contribution in [0.2, 0.25) is 0 Å². The van der Waals surface area contributed by atoms with Crippen LogP contribution >= 0.6 is 0 Å². The third kappa shape index (κ3) is 5.21. The van der Waals surface area contributed by atoms with E-state index in [-0.39, 0.29) is 17.0 Å². The molecule has 0 unspecified atom stereocenters. The molecule has 0 aliphatic heterocycles. The first-order valence-electron chi connectivity index (χ1n) is 6.20. The fourth-order valence-electron chi connectivity index (χ4n) is 1.68. The summed E-state index contributed by atoms with van der Waals surface area (Å²) < 4.78 is 5.57. The molecule has 1 aromatic carbocycles. The predicted molar refractivity (Wildman–Crippen MR) is 73.9 cm³/mol. The molecule has 1 heterocycles. The van der Waals surface area contributed by atoms with E-state index in [1.54, 1.807) is 30.5 Å². The van der Waals surface area contributed by atoms with Crippen molar-refractivity contribution in [3.8, 4) is 11.8 Å². The second kappa shape index (κ2) is 8.68. The zero-order valence-electron chi connectivity index (χ0n) is 11.2. The van der Waals surface area contributed by atoms with Crippen LogP contribution < -0.4 is 21.7 Å². The first-order chi connectivity index (χ1) is 9.81. The average Bonchev–Trinajstić information content (AvgIpc) is 2.50. The SMILES string of the molecule is N#CCc1ccc(CCOc2ccc([N+]#N)cc2)nc1.[Br-]. The molecule has 21 heavy (non-hydrogen) atoms. The number of rotatable bonds is 5. The molecule has 0 bridgehead atoms. The van der Waals surface area contributed by atoms with Crippen LogP contribution in [0.5, 0.6) is 5.75 Å². The number of hydrogen-bond acceptors (Lipinski definition) is 4. The van der Waals surface area contributed by atoms with Crippen molar-refractivity contribution >= 4 is 5.69 Å². The number of halogens is 1. The topological polar surface area (TPSA) is 74.1 Å². The molecule has 2 aromatic rings. The largest absolute Gasteiger partial charge is 1.00 e. The highest BCUT2D eigenvalue weighted by molar-refractivity contribution is 5.46. The molecule has 0 fully saturated rings. The number of pyridine rings is 1. The minimum absolute atomic E-state index is 0. The average molecular weight is 345 g/mol. The van der Waals surface area contributed by atoms with Crippen molar-refractivity contribution in [1.29, 1.82) is 10.7 Å². The molecule has 0 radical (unpaired) electrons. The summed E-state index contributed by atoms with van der Waals surface area (Å²) in [7, 11) is 0. The number of nitrogens with zero attached hydrogens (tertiary/aromatic N) is 4. The Hall–Kier alpha value is -2.44. The third-order valence-electron chi connectivity index (χ3n) is 2.75. The Morgan fingerprint density at radius 3 is 2.48 bits per heavy atom. The second-order valence-electron chi connectivity index (χ2n) is 4.19. The Labute approximate surface area is 133 Å². The Bertz CT molecular complexity index is 641. The van der Waals surface area contributed by atoms with Crippen molar-refractivity contribution in [2.45, 2.75) is 12.8 Å². The van der Waals surface area contributed by atoms with Gasteiger partial charge < -0.3 is 21.7 Å². The Balaban J connectivity index is 0.00000220. The van der Waals surface area contributed by atoms with Crippen LogP contribution in [0.15, 0.2) is 42.6 Å². The summed E-state index contributed by atoms with van der Waals surface area (Å²) in [5.74, 6) is 0.721. The molecule has 6 heteroatoms. The smallest absolute Gasteiger partial charge is 0.385 e. The Morgan fingerprint density at radius 1 is 1.14 bits per heavy atom.